The molecule has 0 aliphatic carbocycles. The number of halogens is 1. The highest BCUT2D eigenvalue weighted by Gasteiger charge is 2.32. The predicted octanol–water partition coefficient (Wildman–Crippen LogP) is 3.30. The summed E-state index contributed by atoms with van der Waals surface area (Å²) >= 11 is 0. The topological polar surface area (TPSA) is 61.4 Å². The monoisotopic (exact) mass is 415 g/mol. The average molecular weight is 416 g/mol. The molecule has 1 aliphatic heterocycles. The fourth-order valence-electron chi connectivity index (χ4n) is 3.59. The largest absolute Gasteiger partial charge is 0.343 e. The van der Waals surface area contributed by atoms with Crippen LogP contribution in [0.25, 0.3) is 0 Å². The van der Waals surface area contributed by atoms with Gasteiger partial charge in [-0.3, -0.25) is 9.59 Å². The number of benzene rings is 2. The second-order valence-electron chi connectivity index (χ2n) is 7.52. The molecule has 2 atom stereocenters. The van der Waals surface area contributed by atoms with Crippen molar-refractivity contribution in [1.82, 2.24) is 10.6 Å². The SMILES string of the molecule is CNC(C)C(=O)NC1CCc2ccccc2N(Cc2cccc(C)c2C)C1=O.Cl. The lowest BCUT2D eigenvalue weighted by Gasteiger charge is -2.28. The van der Waals surface area contributed by atoms with E-state index in [1.807, 2.05) is 29.2 Å². The molecule has 0 fully saturated rings. The summed E-state index contributed by atoms with van der Waals surface area (Å²) in [5.41, 5.74) is 5.60. The van der Waals surface area contributed by atoms with Gasteiger partial charge in [0.05, 0.1) is 12.6 Å². The number of nitrogens with one attached hydrogen (secondary N) is 2. The maximum Gasteiger partial charge on any atom is 0.249 e. The lowest BCUT2D eigenvalue weighted by atomic mass is 10.0. The molecule has 2 N–H and O–H groups in total. The minimum absolute atomic E-state index is 0. The summed E-state index contributed by atoms with van der Waals surface area (Å²) in [7, 11) is 1.74. The third-order valence-corrected chi connectivity index (χ3v) is 5.74. The number of carbonyl (C=O) groups is 2. The molecule has 0 aromatic heterocycles. The predicted molar refractivity (Wildman–Crippen MR) is 120 cm³/mol. The fourth-order valence-corrected chi connectivity index (χ4v) is 3.59. The molecular weight excluding hydrogens is 386 g/mol. The van der Waals surface area contributed by atoms with E-state index < -0.39 is 6.04 Å². The number of anilines is 1. The summed E-state index contributed by atoms with van der Waals surface area (Å²) < 4.78 is 0. The normalized spacial score (nSPS) is 17.0. The van der Waals surface area contributed by atoms with Gasteiger partial charge in [0.2, 0.25) is 11.8 Å². The smallest absolute Gasteiger partial charge is 0.249 e. The van der Waals surface area contributed by atoms with Crippen LogP contribution in [-0.4, -0.2) is 30.9 Å². The molecule has 0 spiro atoms. The van der Waals surface area contributed by atoms with Crippen LogP contribution in [0.5, 0.6) is 0 Å². The zero-order chi connectivity index (χ0) is 20.3. The Hall–Kier alpha value is -2.37. The van der Waals surface area contributed by atoms with E-state index in [9.17, 15) is 9.59 Å². The Morgan fingerprint density at radius 2 is 1.90 bits per heavy atom. The first-order valence-corrected chi connectivity index (χ1v) is 9.84. The quantitative estimate of drug-likeness (QED) is 0.787. The number of fused-ring (bicyclic) bond motifs is 1. The molecule has 5 nitrogen and oxygen atoms in total. The van der Waals surface area contributed by atoms with E-state index in [2.05, 4.69) is 42.7 Å². The van der Waals surface area contributed by atoms with Gasteiger partial charge in [0.1, 0.15) is 6.04 Å². The molecular formula is C23H30ClN3O2. The van der Waals surface area contributed by atoms with Gasteiger partial charge in [-0.15, -0.1) is 12.4 Å². The zero-order valence-electron chi connectivity index (χ0n) is 17.5. The molecule has 3 rings (SSSR count). The molecule has 156 valence electrons. The number of amides is 2. The van der Waals surface area contributed by atoms with Gasteiger partial charge in [-0.2, -0.15) is 0 Å². The third kappa shape index (κ3) is 4.98. The maximum absolute atomic E-state index is 13.4. The van der Waals surface area contributed by atoms with Gasteiger partial charge in [0.25, 0.3) is 0 Å². The fraction of sp³-hybridized carbons (Fsp3) is 0.391. The zero-order valence-corrected chi connectivity index (χ0v) is 18.3. The second kappa shape index (κ2) is 9.90. The number of aryl methyl sites for hydroxylation is 2. The molecule has 2 unspecified atom stereocenters. The van der Waals surface area contributed by atoms with Gasteiger partial charge in [0.15, 0.2) is 0 Å². The molecule has 0 saturated heterocycles. The highest BCUT2D eigenvalue weighted by Crippen LogP contribution is 2.29. The molecule has 0 radical (unpaired) electrons. The van der Waals surface area contributed by atoms with Crippen LogP contribution in [0.4, 0.5) is 5.69 Å². The number of nitrogens with zero attached hydrogens (tertiary/aromatic N) is 1. The van der Waals surface area contributed by atoms with E-state index in [0.29, 0.717) is 13.0 Å². The molecule has 29 heavy (non-hydrogen) atoms. The van der Waals surface area contributed by atoms with Gasteiger partial charge < -0.3 is 15.5 Å². The molecule has 1 heterocycles. The van der Waals surface area contributed by atoms with E-state index in [1.165, 1.54) is 11.1 Å². The Bertz CT molecular complexity index is 884. The number of hydrogen-bond acceptors (Lipinski definition) is 3. The maximum atomic E-state index is 13.4. The van der Waals surface area contributed by atoms with Crippen molar-refractivity contribution >= 4 is 29.9 Å². The van der Waals surface area contributed by atoms with Crippen molar-refractivity contribution in [2.75, 3.05) is 11.9 Å². The van der Waals surface area contributed by atoms with Crippen LogP contribution in [0.2, 0.25) is 0 Å². The number of rotatable bonds is 5. The lowest BCUT2D eigenvalue weighted by molar-refractivity contribution is -0.128. The van der Waals surface area contributed by atoms with Crippen LogP contribution in [0.15, 0.2) is 42.5 Å². The van der Waals surface area contributed by atoms with Crippen molar-refractivity contribution in [2.45, 2.75) is 52.2 Å². The number of carbonyl (C=O) groups excluding carboxylic acids is 2. The molecule has 0 saturated carbocycles. The van der Waals surface area contributed by atoms with E-state index in [-0.39, 0.29) is 30.3 Å². The Morgan fingerprint density at radius 3 is 2.62 bits per heavy atom. The summed E-state index contributed by atoms with van der Waals surface area (Å²) in [6.07, 6.45) is 1.35. The van der Waals surface area contributed by atoms with E-state index in [4.69, 9.17) is 0 Å². The van der Waals surface area contributed by atoms with Crippen molar-refractivity contribution in [3.05, 3.63) is 64.7 Å². The van der Waals surface area contributed by atoms with Gasteiger partial charge in [0, 0.05) is 5.69 Å². The van der Waals surface area contributed by atoms with Crippen molar-refractivity contribution in [2.24, 2.45) is 0 Å². The van der Waals surface area contributed by atoms with Crippen molar-refractivity contribution in [3.63, 3.8) is 0 Å². The van der Waals surface area contributed by atoms with E-state index in [1.54, 1.807) is 14.0 Å². The Labute approximate surface area is 179 Å². The van der Waals surface area contributed by atoms with Crippen LogP contribution in [0.3, 0.4) is 0 Å². The highest BCUT2D eigenvalue weighted by atomic mass is 35.5. The molecule has 0 bridgehead atoms. The number of likely N-dealkylation sites (N-methyl/N-ethyl adjacent to an activating group) is 1. The first-order chi connectivity index (χ1) is 13.4. The number of para-hydroxylation sites is 1. The van der Waals surface area contributed by atoms with Gasteiger partial charge in [-0.25, -0.2) is 0 Å². The molecule has 6 heteroatoms. The van der Waals surface area contributed by atoms with Gasteiger partial charge in [-0.05, 0) is 69.0 Å². The summed E-state index contributed by atoms with van der Waals surface area (Å²) in [5.74, 6) is -0.207. The molecule has 2 aromatic carbocycles. The number of hydrogen-bond donors (Lipinski definition) is 2. The average Bonchev–Trinajstić information content (AvgIpc) is 2.82. The van der Waals surface area contributed by atoms with E-state index in [0.717, 1.165) is 23.2 Å². The Balaban J connectivity index is 0.00000300. The summed E-state index contributed by atoms with van der Waals surface area (Å²) in [6.45, 7) is 6.46. The van der Waals surface area contributed by atoms with Crippen molar-refractivity contribution in [1.29, 1.82) is 0 Å². The van der Waals surface area contributed by atoms with Crippen LogP contribution in [-0.2, 0) is 22.6 Å². The third-order valence-electron chi connectivity index (χ3n) is 5.74. The summed E-state index contributed by atoms with van der Waals surface area (Å²) in [4.78, 5) is 27.7. The van der Waals surface area contributed by atoms with Crippen LogP contribution < -0.4 is 15.5 Å². The Kier molecular flexibility index (Phi) is 7.82. The van der Waals surface area contributed by atoms with Gasteiger partial charge in [-0.1, -0.05) is 36.4 Å². The molecule has 1 aliphatic rings. The standard InChI is InChI=1S/C23H29N3O2.ClH/c1-15-8-7-10-19(16(15)2)14-26-21-11-6-5-9-18(21)12-13-20(23(26)28)25-22(27)17(3)24-4;/h5-11,17,20,24H,12-14H2,1-4H3,(H,25,27);1H. The first kappa shape index (κ1) is 22.9. The van der Waals surface area contributed by atoms with Crippen molar-refractivity contribution < 1.29 is 9.59 Å². The second-order valence-corrected chi connectivity index (χ2v) is 7.52. The lowest BCUT2D eigenvalue weighted by Crippen LogP contribution is -2.52. The molecule has 2 aromatic rings. The van der Waals surface area contributed by atoms with Crippen LogP contribution in [0, 0.1) is 13.8 Å². The van der Waals surface area contributed by atoms with Gasteiger partial charge >= 0.3 is 0 Å². The highest BCUT2D eigenvalue weighted by molar-refractivity contribution is 6.00. The minimum Gasteiger partial charge on any atom is -0.343 e. The Morgan fingerprint density at radius 1 is 1.17 bits per heavy atom. The van der Waals surface area contributed by atoms with Crippen molar-refractivity contribution in [3.8, 4) is 0 Å². The first-order valence-electron chi connectivity index (χ1n) is 9.84. The molecule has 2 amide bonds. The van der Waals surface area contributed by atoms with Crippen LogP contribution >= 0.6 is 12.4 Å². The van der Waals surface area contributed by atoms with E-state index >= 15 is 0 Å². The minimum atomic E-state index is -0.527. The summed E-state index contributed by atoms with van der Waals surface area (Å²) in [6, 6.07) is 13.3. The summed E-state index contributed by atoms with van der Waals surface area (Å²) in [5, 5.41) is 5.87. The van der Waals surface area contributed by atoms with Crippen LogP contribution in [0.1, 0.15) is 35.6 Å².